The van der Waals surface area contributed by atoms with Gasteiger partial charge in [0.1, 0.15) is 5.75 Å². The molecule has 3 fully saturated rings. The second-order valence-corrected chi connectivity index (χ2v) is 43.1. The molecule has 0 unspecified atom stereocenters. The first-order chi connectivity index (χ1) is 49.0. The Balaban J connectivity index is 0.000000224. The third-order valence-corrected chi connectivity index (χ3v) is 23.7. The van der Waals surface area contributed by atoms with Crippen molar-refractivity contribution in [3.63, 3.8) is 0 Å². The van der Waals surface area contributed by atoms with Crippen LogP contribution < -0.4 is 24.2 Å². The molecule has 0 saturated carbocycles. The monoisotopic (exact) mass is 1730 g/mol. The molecule has 0 N–H and O–H groups in total. The van der Waals surface area contributed by atoms with E-state index in [1.165, 1.54) is 92.0 Å². The van der Waals surface area contributed by atoms with Gasteiger partial charge in [-0.15, -0.1) is 16.2 Å². The minimum atomic E-state index is -1.88. The summed E-state index contributed by atoms with van der Waals surface area (Å²) >= 11 is 0.00912. The molecule has 104 heavy (non-hydrogen) atoms. The molecule has 7 aromatic rings. The summed E-state index contributed by atoms with van der Waals surface area (Å²) in [4.78, 5) is 7.64. The maximum atomic E-state index is 6.19. The molecule has 1 aliphatic carbocycles. The second-order valence-electron chi connectivity index (χ2n) is 31.5. The van der Waals surface area contributed by atoms with Gasteiger partial charge in [-0.25, -0.2) is 19.6 Å². The number of nitrogens with zero attached hydrogens (tertiary/aromatic N) is 3. The zero-order valence-corrected chi connectivity index (χ0v) is 74.8. The number of rotatable bonds is 16. The first-order valence-corrected chi connectivity index (χ1v) is 49.2. The van der Waals surface area contributed by atoms with Gasteiger partial charge in [-0.1, -0.05) is 187 Å². The fourth-order valence-corrected chi connectivity index (χ4v) is 19.6. The number of fused-ring (bicyclic) bond motifs is 1. The molecule has 3 saturated heterocycles. The van der Waals surface area contributed by atoms with Crippen molar-refractivity contribution in [2.75, 3.05) is 14.7 Å². The maximum absolute atomic E-state index is 6.19. The summed E-state index contributed by atoms with van der Waals surface area (Å²) in [5, 5.41) is 0. The Bertz CT molecular complexity index is 3700. The fraction of sp³-hybridized carbons (Fsp3) is 0.440. The summed E-state index contributed by atoms with van der Waals surface area (Å²) in [6.45, 7) is 59.2. The van der Waals surface area contributed by atoms with Crippen LogP contribution in [0, 0.1) is 35.9 Å². The van der Waals surface area contributed by atoms with E-state index < -0.39 is 27.0 Å². The summed E-state index contributed by atoms with van der Waals surface area (Å²) < 4.78 is 14.3. The van der Waals surface area contributed by atoms with Crippen molar-refractivity contribution in [2.45, 2.75) is 246 Å². The number of hydrogen-bond acceptors (Lipinski definition) is 5. The van der Waals surface area contributed by atoms with Crippen molar-refractivity contribution in [1.29, 1.82) is 0 Å². The van der Waals surface area contributed by atoms with Gasteiger partial charge in [0, 0.05) is 39.2 Å². The van der Waals surface area contributed by atoms with Crippen LogP contribution in [0.1, 0.15) is 240 Å². The number of allylic oxidation sites excluding steroid dienone is 2. The quantitative estimate of drug-likeness (QED) is 0.0710. The number of hydrogen-bond donors (Lipinski definition) is 0. The standard InChI is InChI=1S/3C18H28N.C15H10.C12H16O.C10H12O.5ClH.Cu.2Ru/c3*1-7-14-10-9-11-15(8-2)16(14)19-13-17(3,4)12-18(19,5)6;1-2-6-12(7-3-1)15-11-10-13-8-4-5-9-14(13)15;1-4-7-11-8-5-6-9-12(11)13-10(2)3;1-8(2)11-10-7-5-4-6-9(10)3;;;;;;;;/h3*9-11,13H,7-8,12H2,1-6H3;1-9,11H;4-10H,1-3H3;3-8H,1-2H3;5*1H;;;/q3*-1;;;;;;;;;3*+2/p-5/b;;;;7-4+;;;;;;;;;. The van der Waals surface area contributed by atoms with Crippen molar-refractivity contribution in [3.8, 4) is 11.5 Å². The number of aryl methyl sites for hydroxylation is 6. The van der Waals surface area contributed by atoms with Gasteiger partial charge in [0.2, 0.25) is 0 Å². The molecule has 7 aromatic carbocycles. The van der Waals surface area contributed by atoms with Crippen molar-refractivity contribution in [1.82, 2.24) is 0 Å². The van der Waals surface area contributed by atoms with E-state index in [-0.39, 0.29) is 45.1 Å². The van der Waals surface area contributed by atoms with Gasteiger partial charge in [-0.2, -0.15) is 0 Å². The molecule has 4 aliphatic rings. The molecular weight excluding hydrogens is 1610 g/mol. The van der Waals surface area contributed by atoms with E-state index in [4.69, 9.17) is 48.2 Å². The molecule has 0 amide bonds. The zero-order valence-electron chi connectivity index (χ0n) is 66.6. The molecule has 0 atom stereocenters. The van der Waals surface area contributed by atoms with Crippen LogP contribution in [0.2, 0.25) is 0 Å². The Morgan fingerprint density at radius 1 is 0.423 bits per heavy atom. The van der Waals surface area contributed by atoms with Crippen LogP contribution in [0.3, 0.4) is 0 Å². The predicted molar refractivity (Wildman–Crippen MR) is 451 cm³/mol. The van der Waals surface area contributed by atoms with Crippen molar-refractivity contribution >= 4 is 86.3 Å². The third-order valence-electron chi connectivity index (χ3n) is 18.7. The number of benzene rings is 7. The fourth-order valence-electron chi connectivity index (χ4n) is 15.3. The Kier molecular flexibility index (Phi) is 36.3. The van der Waals surface area contributed by atoms with Crippen molar-refractivity contribution in [2.24, 2.45) is 16.2 Å². The molecular formula is C91H122Cl5CuN3O2Ru2-2. The van der Waals surface area contributed by atoms with Gasteiger partial charge >= 0.3 is 243 Å². The molecule has 3 aliphatic heterocycles. The molecule has 5 nitrogen and oxygen atoms in total. The summed E-state index contributed by atoms with van der Waals surface area (Å²) in [5.74, 6) is 1.80. The number of halogens is 5. The first kappa shape index (κ1) is 90.6. The van der Waals surface area contributed by atoms with Crippen LogP contribution in [0.5, 0.6) is 11.5 Å². The molecule has 3 heterocycles. The molecule has 13 heteroatoms. The van der Waals surface area contributed by atoms with Crippen LogP contribution in [0.25, 0.3) is 11.6 Å². The normalized spacial score (nSPS) is 16.9. The minimum absolute atomic E-state index is 0.163. The van der Waals surface area contributed by atoms with Crippen LogP contribution in [-0.2, 0) is 80.7 Å². The molecule has 0 aromatic heterocycles. The summed E-state index contributed by atoms with van der Waals surface area (Å²) in [6, 6.07) is 54.8. The van der Waals surface area contributed by atoms with Crippen LogP contribution in [-0.4, -0.2) is 37.5 Å². The van der Waals surface area contributed by atoms with E-state index >= 15 is 0 Å². The van der Waals surface area contributed by atoms with Gasteiger partial charge in [0.05, 0.1) is 6.10 Å². The predicted octanol–water partition coefficient (Wildman–Crippen LogP) is 27.3. The van der Waals surface area contributed by atoms with Gasteiger partial charge in [-0.05, 0) is 140 Å². The van der Waals surface area contributed by atoms with Crippen LogP contribution in [0.15, 0.2) is 170 Å². The van der Waals surface area contributed by atoms with Gasteiger partial charge in [-0.3, -0.25) is 0 Å². The van der Waals surface area contributed by atoms with Gasteiger partial charge < -0.3 is 19.4 Å². The van der Waals surface area contributed by atoms with Crippen molar-refractivity contribution in [3.05, 3.63) is 251 Å². The van der Waals surface area contributed by atoms with E-state index in [1.807, 2.05) is 112 Å². The number of para-hydroxylation sites is 5. The average Bonchev–Trinajstić information content (AvgIpc) is 1.61. The molecule has 577 valence electrons. The summed E-state index contributed by atoms with van der Waals surface area (Å²) in [5.41, 5.74) is 21.7. The Morgan fingerprint density at radius 3 is 1.03 bits per heavy atom. The molecule has 0 spiro atoms. The number of ether oxygens (including phenoxy) is 2. The first-order valence-electron chi connectivity index (χ1n) is 37.1. The van der Waals surface area contributed by atoms with E-state index in [2.05, 4.69) is 287 Å². The number of anilines is 3. The van der Waals surface area contributed by atoms with E-state index in [0.717, 1.165) is 65.3 Å². The zero-order chi connectivity index (χ0) is 77.5. The summed E-state index contributed by atoms with van der Waals surface area (Å²) in [6.07, 6.45) is 16.8. The van der Waals surface area contributed by atoms with Crippen LogP contribution in [0.4, 0.5) is 17.1 Å². The summed E-state index contributed by atoms with van der Waals surface area (Å²) in [7, 11) is 28.2. The SMILES string of the molecule is C/C=C/c1ccccc1OC(C)C.CC(C)Oc1ccccc1[CH]=[Ru]([Cl])[Cl].CCc1cccc(CC)c1N1[CH-]C(C)(C)CC1(C)C.CCc1cccc(CC)c1N1[CH-]C(C)(C)CC1(C)C.CCc1cccc(CC)c1N1[CH-]C(C)(C)CC1(C)C.[Cl][Cu+].[Cl][Ru]([Cl])=[C]1C=C(c2ccccc2)c2ccccc21. The van der Waals surface area contributed by atoms with Gasteiger partial charge in [0.25, 0.3) is 0 Å². The van der Waals surface area contributed by atoms with Crippen LogP contribution >= 0.6 is 48.9 Å². The van der Waals surface area contributed by atoms with E-state index in [9.17, 15) is 0 Å². The van der Waals surface area contributed by atoms with E-state index in [1.54, 1.807) is 0 Å². The van der Waals surface area contributed by atoms with Crippen molar-refractivity contribution < 1.29 is 51.6 Å². The third kappa shape index (κ3) is 25.8. The Morgan fingerprint density at radius 2 is 0.731 bits per heavy atom. The average molecular weight is 1730 g/mol. The molecule has 11 rings (SSSR count). The molecule has 0 radical (unpaired) electrons. The van der Waals surface area contributed by atoms with Gasteiger partial charge in [0.15, 0.2) is 0 Å². The topological polar surface area (TPSA) is 28.2 Å². The Hall–Kier alpha value is -4.02. The second kappa shape index (κ2) is 41.7. The molecule has 0 bridgehead atoms. The van der Waals surface area contributed by atoms with E-state index in [0.29, 0.717) is 0 Å². The Labute approximate surface area is 670 Å².